The number of thioether (sulfide) groups is 1. The highest BCUT2D eigenvalue weighted by Crippen LogP contribution is 2.26. The SMILES string of the molecule is CC(Sc1ccccc1)C(=O)Nc1ccc2c(c1)C(=O)NCc1cccn1-2. The summed E-state index contributed by atoms with van der Waals surface area (Å²) in [6, 6.07) is 19.2. The number of carbonyl (C=O) groups excluding carboxylic acids is 2. The summed E-state index contributed by atoms with van der Waals surface area (Å²) in [7, 11) is 0. The van der Waals surface area contributed by atoms with E-state index in [-0.39, 0.29) is 17.1 Å². The Kier molecular flexibility index (Phi) is 4.73. The molecule has 136 valence electrons. The highest BCUT2D eigenvalue weighted by Gasteiger charge is 2.21. The number of nitrogens with zero attached hydrogens (tertiary/aromatic N) is 1. The van der Waals surface area contributed by atoms with Crippen molar-refractivity contribution in [3.8, 4) is 5.69 Å². The van der Waals surface area contributed by atoms with Crippen LogP contribution in [0, 0.1) is 0 Å². The van der Waals surface area contributed by atoms with E-state index in [1.54, 1.807) is 6.07 Å². The van der Waals surface area contributed by atoms with Crippen molar-refractivity contribution in [1.29, 1.82) is 0 Å². The van der Waals surface area contributed by atoms with Gasteiger partial charge in [-0.05, 0) is 49.4 Å². The van der Waals surface area contributed by atoms with Crippen LogP contribution in [0.5, 0.6) is 0 Å². The number of benzene rings is 2. The standard InChI is InChI=1S/C21H19N3O2S/c1-14(27-17-7-3-2-4-8-17)20(25)23-15-9-10-19-18(12-15)21(26)22-13-16-6-5-11-24(16)19/h2-12,14H,13H2,1H3,(H,22,26)(H,23,25). The second kappa shape index (κ2) is 7.32. The van der Waals surface area contributed by atoms with Crippen molar-refractivity contribution in [3.63, 3.8) is 0 Å². The number of rotatable bonds is 4. The van der Waals surface area contributed by atoms with E-state index in [4.69, 9.17) is 0 Å². The molecular formula is C21H19N3O2S. The van der Waals surface area contributed by atoms with Crippen LogP contribution in [0.25, 0.3) is 5.69 Å². The van der Waals surface area contributed by atoms with Crippen LogP contribution in [0.1, 0.15) is 23.0 Å². The van der Waals surface area contributed by atoms with E-state index in [0.717, 1.165) is 16.3 Å². The molecular weight excluding hydrogens is 358 g/mol. The van der Waals surface area contributed by atoms with Crippen molar-refractivity contribution in [2.24, 2.45) is 0 Å². The Labute approximate surface area is 161 Å². The predicted octanol–water partition coefficient (Wildman–Crippen LogP) is 3.84. The Bertz CT molecular complexity index is 998. The Morgan fingerprint density at radius 1 is 1.15 bits per heavy atom. The molecule has 1 atom stereocenters. The third kappa shape index (κ3) is 3.61. The van der Waals surface area contributed by atoms with Crippen molar-refractivity contribution >= 4 is 29.3 Å². The van der Waals surface area contributed by atoms with Gasteiger partial charge in [-0.15, -0.1) is 11.8 Å². The summed E-state index contributed by atoms with van der Waals surface area (Å²) in [5.74, 6) is -0.240. The van der Waals surface area contributed by atoms with Crippen LogP contribution in [0.2, 0.25) is 0 Å². The zero-order valence-corrected chi connectivity index (χ0v) is 15.6. The first kappa shape index (κ1) is 17.4. The average molecular weight is 377 g/mol. The van der Waals surface area contributed by atoms with Crippen molar-refractivity contribution in [3.05, 3.63) is 78.1 Å². The van der Waals surface area contributed by atoms with Crippen LogP contribution in [-0.4, -0.2) is 21.6 Å². The van der Waals surface area contributed by atoms with Crippen LogP contribution in [0.3, 0.4) is 0 Å². The highest BCUT2D eigenvalue weighted by molar-refractivity contribution is 8.00. The lowest BCUT2D eigenvalue weighted by Crippen LogP contribution is -2.23. The number of aromatic nitrogens is 1. The molecule has 5 nitrogen and oxygen atoms in total. The number of hydrogen-bond donors (Lipinski definition) is 2. The molecule has 27 heavy (non-hydrogen) atoms. The van der Waals surface area contributed by atoms with Crippen LogP contribution < -0.4 is 10.6 Å². The fourth-order valence-corrected chi connectivity index (χ4v) is 3.96. The van der Waals surface area contributed by atoms with E-state index >= 15 is 0 Å². The first-order valence-corrected chi connectivity index (χ1v) is 9.61. The molecule has 1 aromatic heterocycles. The van der Waals surface area contributed by atoms with Gasteiger partial charge in [-0.25, -0.2) is 0 Å². The number of carbonyl (C=O) groups is 2. The van der Waals surface area contributed by atoms with Gasteiger partial charge in [0.05, 0.1) is 23.0 Å². The second-order valence-electron chi connectivity index (χ2n) is 6.35. The Hall–Kier alpha value is -2.99. The molecule has 0 saturated heterocycles. The largest absolute Gasteiger partial charge is 0.346 e. The lowest BCUT2D eigenvalue weighted by molar-refractivity contribution is -0.115. The van der Waals surface area contributed by atoms with Gasteiger partial charge in [0.25, 0.3) is 5.91 Å². The van der Waals surface area contributed by atoms with Crippen LogP contribution >= 0.6 is 11.8 Å². The molecule has 2 heterocycles. The first-order valence-electron chi connectivity index (χ1n) is 8.73. The molecule has 1 aliphatic rings. The minimum absolute atomic E-state index is 0.0977. The average Bonchev–Trinajstić information content (AvgIpc) is 3.10. The van der Waals surface area contributed by atoms with Crippen LogP contribution in [-0.2, 0) is 11.3 Å². The number of nitrogens with one attached hydrogen (secondary N) is 2. The summed E-state index contributed by atoms with van der Waals surface area (Å²) in [5.41, 5.74) is 3.00. The van der Waals surface area contributed by atoms with E-state index in [9.17, 15) is 9.59 Å². The smallest absolute Gasteiger partial charge is 0.253 e. The van der Waals surface area contributed by atoms with Gasteiger partial charge >= 0.3 is 0 Å². The van der Waals surface area contributed by atoms with Crippen molar-refractivity contribution in [2.75, 3.05) is 5.32 Å². The zero-order chi connectivity index (χ0) is 18.8. The third-order valence-electron chi connectivity index (χ3n) is 4.46. The maximum atomic E-state index is 12.6. The molecule has 4 rings (SSSR count). The van der Waals surface area contributed by atoms with E-state index in [0.29, 0.717) is 17.8 Å². The molecule has 1 aliphatic heterocycles. The topological polar surface area (TPSA) is 63.1 Å². The summed E-state index contributed by atoms with van der Waals surface area (Å²) >= 11 is 1.50. The molecule has 0 aliphatic carbocycles. The second-order valence-corrected chi connectivity index (χ2v) is 7.76. The molecule has 0 bridgehead atoms. The summed E-state index contributed by atoms with van der Waals surface area (Å²) in [6.45, 7) is 2.35. The van der Waals surface area contributed by atoms with Gasteiger partial charge in [-0.3, -0.25) is 9.59 Å². The number of anilines is 1. The molecule has 2 aromatic carbocycles. The van der Waals surface area contributed by atoms with E-state index in [1.807, 2.05) is 72.3 Å². The normalized spacial score (nSPS) is 13.7. The summed E-state index contributed by atoms with van der Waals surface area (Å²) in [5, 5.41) is 5.57. The minimum atomic E-state index is -0.254. The number of hydrogen-bond acceptors (Lipinski definition) is 3. The molecule has 0 spiro atoms. The fourth-order valence-electron chi connectivity index (χ4n) is 3.07. The Morgan fingerprint density at radius 3 is 2.78 bits per heavy atom. The van der Waals surface area contributed by atoms with Gasteiger partial charge < -0.3 is 15.2 Å². The van der Waals surface area contributed by atoms with Gasteiger partial charge in [0.15, 0.2) is 0 Å². The van der Waals surface area contributed by atoms with E-state index < -0.39 is 0 Å². The summed E-state index contributed by atoms with van der Waals surface area (Å²) < 4.78 is 1.99. The van der Waals surface area contributed by atoms with E-state index in [2.05, 4.69) is 10.6 Å². The zero-order valence-electron chi connectivity index (χ0n) is 14.8. The van der Waals surface area contributed by atoms with Gasteiger partial charge in [0.1, 0.15) is 0 Å². The molecule has 0 saturated carbocycles. The van der Waals surface area contributed by atoms with E-state index in [1.165, 1.54) is 11.8 Å². The van der Waals surface area contributed by atoms with Gasteiger partial charge in [-0.1, -0.05) is 18.2 Å². The summed E-state index contributed by atoms with van der Waals surface area (Å²) in [6.07, 6.45) is 1.94. The number of amides is 2. The minimum Gasteiger partial charge on any atom is -0.346 e. The lowest BCUT2D eigenvalue weighted by atomic mass is 10.1. The lowest BCUT2D eigenvalue weighted by Gasteiger charge is -2.14. The van der Waals surface area contributed by atoms with Gasteiger partial charge in [-0.2, -0.15) is 0 Å². The highest BCUT2D eigenvalue weighted by atomic mass is 32.2. The van der Waals surface area contributed by atoms with Crippen LogP contribution in [0.15, 0.2) is 71.8 Å². The fraction of sp³-hybridized carbons (Fsp3) is 0.143. The maximum absolute atomic E-state index is 12.6. The molecule has 2 amide bonds. The van der Waals surface area contributed by atoms with Crippen molar-refractivity contribution in [2.45, 2.75) is 23.6 Å². The Morgan fingerprint density at radius 2 is 1.96 bits per heavy atom. The molecule has 2 N–H and O–H groups in total. The molecule has 3 aromatic rings. The Balaban J connectivity index is 1.54. The summed E-state index contributed by atoms with van der Waals surface area (Å²) in [4.78, 5) is 26.0. The maximum Gasteiger partial charge on any atom is 0.253 e. The monoisotopic (exact) mass is 377 g/mol. The third-order valence-corrected chi connectivity index (χ3v) is 5.57. The molecule has 0 fully saturated rings. The predicted molar refractivity (Wildman–Crippen MR) is 107 cm³/mol. The quantitative estimate of drug-likeness (QED) is 0.679. The van der Waals surface area contributed by atoms with Crippen LogP contribution in [0.4, 0.5) is 5.69 Å². The first-order chi connectivity index (χ1) is 13.1. The van der Waals surface area contributed by atoms with Gasteiger partial charge in [0, 0.05) is 22.5 Å². The van der Waals surface area contributed by atoms with Crippen molar-refractivity contribution in [1.82, 2.24) is 9.88 Å². The van der Waals surface area contributed by atoms with Crippen molar-refractivity contribution < 1.29 is 9.59 Å². The molecule has 0 radical (unpaired) electrons. The number of fused-ring (bicyclic) bond motifs is 3. The molecule has 1 unspecified atom stereocenters. The molecule has 6 heteroatoms. The van der Waals surface area contributed by atoms with Gasteiger partial charge in [0.2, 0.25) is 5.91 Å².